The number of rotatable bonds is 6. The third kappa shape index (κ3) is 7.67. The predicted octanol–water partition coefficient (Wildman–Crippen LogP) is 2.86. The highest BCUT2D eigenvalue weighted by molar-refractivity contribution is 5.78. The maximum atomic E-state index is 5.79. The van der Waals surface area contributed by atoms with Crippen molar-refractivity contribution in [3.8, 4) is 5.75 Å². The van der Waals surface area contributed by atoms with Crippen LogP contribution in [-0.2, 0) is 0 Å². The van der Waals surface area contributed by atoms with E-state index in [4.69, 9.17) is 10.5 Å². The van der Waals surface area contributed by atoms with Gasteiger partial charge in [-0.2, -0.15) is 0 Å². The Balaban J connectivity index is 2.13. The van der Waals surface area contributed by atoms with E-state index in [-0.39, 0.29) is 5.54 Å². The number of benzene rings is 1. The normalized spacial score (nSPS) is 12.3. The number of unbranched alkanes of at least 4 members (excludes halogenated alkanes) is 1. The van der Waals surface area contributed by atoms with Crippen LogP contribution in [0.5, 0.6) is 5.75 Å². The Bertz CT molecular complexity index is 418. The summed E-state index contributed by atoms with van der Waals surface area (Å²) in [6.45, 7) is 9.69. The molecule has 20 heavy (non-hydrogen) atoms. The van der Waals surface area contributed by atoms with Crippen molar-refractivity contribution in [1.82, 2.24) is 5.32 Å². The van der Waals surface area contributed by atoms with Gasteiger partial charge in [-0.25, -0.2) is 0 Å². The van der Waals surface area contributed by atoms with E-state index in [9.17, 15) is 0 Å². The molecule has 1 aromatic rings. The Morgan fingerprint density at radius 3 is 2.45 bits per heavy atom. The molecule has 0 heterocycles. The van der Waals surface area contributed by atoms with Crippen molar-refractivity contribution in [1.29, 1.82) is 0 Å². The third-order valence-electron chi connectivity index (χ3n) is 2.63. The lowest BCUT2D eigenvalue weighted by molar-refractivity contribution is 0.308. The Morgan fingerprint density at radius 2 is 1.85 bits per heavy atom. The van der Waals surface area contributed by atoms with Gasteiger partial charge < -0.3 is 15.8 Å². The van der Waals surface area contributed by atoms with E-state index < -0.39 is 0 Å². The lowest BCUT2D eigenvalue weighted by Gasteiger charge is -2.20. The van der Waals surface area contributed by atoms with Gasteiger partial charge in [0.25, 0.3) is 0 Å². The second-order valence-corrected chi connectivity index (χ2v) is 6.01. The molecule has 1 rings (SSSR count). The van der Waals surface area contributed by atoms with Crippen LogP contribution in [0, 0.1) is 6.92 Å². The fourth-order valence-electron chi connectivity index (χ4n) is 1.66. The zero-order chi connectivity index (χ0) is 15.0. The van der Waals surface area contributed by atoms with Crippen molar-refractivity contribution < 1.29 is 4.74 Å². The van der Waals surface area contributed by atoms with Crippen LogP contribution >= 0.6 is 0 Å². The molecular formula is C16H27N3O. The van der Waals surface area contributed by atoms with Gasteiger partial charge in [0, 0.05) is 12.1 Å². The molecule has 0 bridgehead atoms. The molecule has 112 valence electrons. The number of aryl methyl sites for hydroxylation is 1. The minimum atomic E-state index is -0.0395. The van der Waals surface area contributed by atoms with Gasteiger partial charge in [-0.1, -0.05) is 17.7 Å². The molecule has 0 saturated heterocycles. The van der Waals surface area contributed by atoms with Crippen molar-refractivity contribution in [2.45, 2.75) is 46.1 Å². The van der Waals surface area contributed by atoms with E-state index >= 15 is 0 Å². The molecule has 0 fully saturated rings. The van der Waals surface area contributed by atoms with Gasteiger partial charge in [0.05, 0.1) is 6.61 Å². The summed E-state index contributed by atoms with van der Waals surface area (Å²) in [5, 5.41) is 3.14. The van der Waals surface area contributed by atoms with E-state index in [0.29, 0.717) is 12.6 Å². The number of nitrogens with one attached hydrogen (secondary N) is 1. The van der Waals surface area contributed by atoms with Gasteiger partial charge in [-0.05, 0) is 52.7 Å². The minimum Gasteiger partial charge on any atom is -0.494 e. The Hall–Kier alpha value is -1.71. The summed E-state index contributed by atoms with van der Waals surface area (Å²) in [4.78, 5) is 4.29. The van der Waals surface area contributed by atoms with Gasteiger partial charge in [0.15, 0.2) is 5.96 Å². The van der Waals surface area contributed by atoms with E-state index in [0.717, 1.165) is 25.1 Å². The second-order valence-electron chi connectivity index (χ2n) is 6.01. The molecule has 3 N–H and O–H groups in total. The quantitative estimate of drug-likeness (QED) is 0.477. The van der Waals surface area contributed by atoms with Crippen molar-refractivity contribution in [3.05, 3.63) is 29.8 Å². The van der Waals surface area contributed by atoms with Gasteiger partial charge in [0.1, 0.15) is 5.75 Å². The lowest BCUT2D eigenvalue weighted by Crippen LogP contribution is -2.45. The number of hydrogen-bond donors (Lipinski definition) is 2. The molecule has 0 unspecified atom stereocenters. The summed E-state index contributed by atoms with van der Waals surface area (Å²) in [6.07, 6.45) is 1.94. The summed E-state index contributed by atoms with van der Waals surface area (Å²) in [5.74, 6) is 1.44. The van der Waals surface area contributed by atoms with Gasteiger partial charge >= 0.3 is 0 Å². The van der Waals surface area contributed by atoms with Crippen molar-refractivity contribution in [2.75, 3.05) is 13.2 Å². The van der Waals surface area contributed by atoms with Crippen LogP contribution in [0.4, 0.5) is 0 Å². The second kappa shape index (κ2) is 7.78. The summed E-state index contributed by atoms with van der Waals surface area (Å²) in [6, 6.07) is 8.11. The fraction of sp³-hybridized carbons (Fsp3) is 0.562. The van der Waals surface area contributed by atoms with Gasteiger partial charge in [0.2, 0.25) is 0 Å². The highest BCUT2D eigenvalue weighted by Gasteiger charge is 2.09. The first-order valence-corrected chi connectivity index (χ1v) is 7.14. The van der Waals surface area contributed by atoms with Crippen molar-refractivity contribution >= 4 is 5.96 Å². The largest absolute Gasteiger partial charge is 0.494 e. The molecule has 1 aromatic carbocycles. The van der Waals surface area contributed by atoms with Gasteiger partial charge in [-0.3, -0.25) is 4.99 Å². The molecule has 0 spiro atoms. The Labute approximate surface area is 122 Å². The number of guanidine groups is 1. The first-order chi connectivity index (χ1) is 9.37. The molecule has 0 aromatic heterocycles. The van der Waals surface area contributed by atoms with Crippen molar-refractivity contribution in [3.63, 3.8) is 0 Å². The third-order valence-corrected chi connectivity index (χ3v) is 2.63. The topological polar surface area (TPSA) is 59.6 Å². The van der Waals surface area contributed by atoms with E-state index in [1.807, 2.05) is 12.1 Å². The first kappa shape index (κ1) is 16.3. The van der Waals surface area contributed by atoms with E-state index in [1.165, 1.54) is 5.56 Å². The zero-order valence-electron chi connectivity index (χ0n) is 13.1. The zero-order valence-corrected chi connectivity index (χ0v) is 13.1. The SMILES string of the molecule is Cc1ccc(OCCCCN=C(N)NC(C)(C)C)cc1. The van der Waals surface area contributed by atoms with Crippen LogP contribution < -0.4 is 15.8 Å². The summed E-state index contributed by atoms with van der Waals surface area (Å²) < 4.78 is 5.65. The molecule has 0 radical (unpaired) electrons. The van der Waals surface area contributed by atoms with E-state index in [2.05, 4.69) is 50.1 Å². The van der Waals surface area contributed by atoms with Crippen LogP contribution in [0.25, 0.3) is 0 Å². The van der Waals surface area contributed by atoms with Crippen LogP contribution in [0.15, 0.2) is 29.3 Å². The van der Waals surface area contributed by atoms with Crippen molar-refractivity contribution in [2.24, 2.45) is 10.7 Å². The molecular weight excluding hydrogens is 250 g/mol. The monoisotopic (exact) mass is 277 g/mol. The van der Waals surface area contributed by atoms with Crippen LogP contribution in [0.3, 0.4) is 0 Å². The fourth-order valence-corrected chi connectivity index (χ4v) is 1.66. The molecule has 0 saturated carbocycles. The molecule has 0 aliphatic carbocycles. The molecule has 0 aliphatic heterocycles. The number of nitrogens with zero attached hydrogens (tertiary/aromatic N) is 1. The Morgan fingerprint density at radius 1 is 1.20 bits per heavy atom. The molecule has 4 heteroatoms. The number of aliphatic imine (C=N–C) groups is 1. The molecule has 0 aliphatic rings. The summed E-state index contributed by atoms with van der Waals surface area (Å²) >= 11 is 0. The number of hydrogen-bond acceptors (Lipinski definition) is 2. The maximum absolute atomic E-state index is 5.79. The molecule has 0 atom stereocenters. The standard InChI is InChI=1S/C16H27N3O/c1-13-7-9-14(10-8-13)20-12-6-5-11-18-15(17)19-16(2,3)4/h7-10H,5-6,11-12H2,1-4H3,(H3,17,18,19). The van der Waals surface area contributed by atoms with Gasteiger partial charge in [-0.15, -0.1) is 0 Å². The average molecular weight is 277 g/mol. The lowest BCUT2D eigenvalue weighted by atomic mass is 10.1. The predicted molar refractivity (Wildman–Crippen MR) is 85.3 cm³/mol. The number of ether oxygens (including phenoxy) is 1. The highest BCUT2D eigenvalue weighted by atomic mass is 16.5. The molecule has 4 nitrogen and oxygen atoms in total. The average Bonchev–Trinajstić information content (AvgIpc) is 2.33. The van der Waals surface area contributed by atoms with E-state index in [1.54, 1.807) is 0 Å². The highest BCUT2D eigenvalue weighted by Crippen LogP contribution is 2.11. The minimum absolute atomic E-state index is 0.0395. The maximum Gasteiger partial charge on any atom is 0.188 e. The first-order valence-electron chi connectivity index (χ1n) is 7.14. The summed E-state index contributed by atoms with van der Waals surface area (Å²) in [5.41, 5.74) is 6.99. The molecule has 0 amide bonds. The van der Waals surface area contributed by atoms with Crippen LogP contribution in [0.1, 0.15) is 39.2 Å². The van der Waals surface area contributed by atoms with Crippen LogP contribution in [0.2, 0.25) is 0 Å². The summed E-state index contributed by atoms with van der Waals surface area (Å²) in [7, 11) is 0. The Kier molecular flexibility index (Phi) is 6.36. The number of nitrogens with two attached hydrogens (primary N) is 1. The smallest absolute Gasteiger partial charge is 0.188 e. The van der Waals surface area contributed by atoms with Crippen LogP contribution in [-0.4, -0.2) is 24.7 Å².